The molecule has 0 amide bonds. The van der Waals surface area contributed by atoms with Crippen LogP contribution in [-0.2, 0) is 0 Å². The SMILES string of the molecule is Oc1c(Cl)c(Cl)cc2c1N=C(Nc1cccc3[nH]ncc13)NS2. The third-order valence-electron chi connectivity index (χ3n) is 3.35. The third-order valence-corrected chi connectivity index (χ3v) is 4.96. The molecule has 0 radical (unpaired) electrons. The van der Waals surface area contributed by atoms with Crippen molar-refractivity contribution in [2.75, 3.05) is 5.32 Å². The number of aliphatic imine (C=N–C) groups is 1. The number of aromatic nitrogens is 2. The third kappa shape index (κ3) is 2.46. The molecule has 0 saturated heterocycles. The lowest BCUT2D eigenvalue weighted by molar-refractivity contribution is 0.475. The van der Waals surface area contributed by atoms with Crippen LogP contribution in [0.1, 0.15) is 0 Å². The number of aromatic amines is 1. The predicted octanol–water partition coefficient (Wildman–Crippen LogP) is 4.29. The number of fused-ring (bicyclic) bond motifs is 2. The van der Waals surface area contributed by atoms with Crippen molar-refractivity contribution in [3.8, 4) is 5.75 Å². The van der Waals surface area contributed by atoms with Gasteiger partial charge in [-0.2, -0.15) is 5.10 Å². The zero-order chi connectivity index (χ0) is 16.0. The average Bonchev–Trinajstić information content (AvgIpc) is 3.03. The first-order chi connectivity index (χ1) is 11.1. The summed E-state index contributed by atoms with van der Waals surface area (Å²) in [4.78, 5) is 5.08. The Kier molecular flexibility index (Phi) is 3.48. The van der Waals surface area contributed by atoms with E-state index >= 15 is 0 Å². The number of halogens is 2. The minimum Gasteiger partial charge on any atom is -0.504 e. The number of aromatic hydroxyl groups is 1. The second-order valence-electron chi connectivity index (χ2n) is 4.79. The van der Waals surface area contributed by atoms with Gasteiger partial charge < -0.3 is 10.4 Å². The Morgan fingerprint density at radius 3 is 3.00 bits per heavy atom. The van der Waals surface area contributed by atoms with Gasteiger partial charge in [-0.25, -0.2) is 4.99 Å². The van der Waals surface area contributed by atoms with Crippen molar-refractivity contribution in [2.24, 2.45) is 4.99 Å². The highest BCUT2D eigenvalue weighted by atomic mass is 35.5. The number of phenolic OH excluding ortho intramolecular Hbond substituents is 1. The van der Waals surface area contributed by atoms with Gasteiger partial charge in [-0.15, -0.1) is 0 Å². The Balaban J connectivity index is 1.74. The summed E-state index contributed by atoms with van der Waals surface area (Å²) >= 11 is 13.2. The number of hydrogen-bond acceptors (Lipinski definition) is 6. The van der Waals surface area contributed by atoms with E-state index in [9.17, 15) is 5.11 Å². The molecule has 1 aliphatic heterocycles. The van der Waals surface area contributed by atoms with Crippen LogP contribution < -0.4 is 10.0 Å². The van der Waals surface area contributed by atoms with Crippen LogP contribution in [0, 0.1) is 0 Å². The van der Waals surface area contributed by atoms with Gasteiger partial charge in [-0.1, -0.05) is 29.3 Å². The van der Waals surface area contributed by atoms with E-state index in [-0.39, 0.29) is 15.8 Å². The van der Waals surface area contributed by atoms with Gasteiger partial charge in [0.05, 0.1) is 27.3 Å². The maximum atomic E-state index is 10.1. The van der Waals surface area contributed by atoms with Crippen molar-refractivity contribution < 1.29 is 5.11 Å². The van der Waals surface area contributed by atoms with Crippen LogP contribution in [0.15, 0.2) is 40.4 Å². The molecular formula is C14H9Cl2N5OS. The normalized spacial score (nSPS) is 13.4. The Morgan fingerprint density at radius 2 is 2.13 bits per heavy atom. The second-order valence-corrected chi connectivity index (χ2v) is 6.43. The summed E-state index contributed by atoms with van der Waals surface area (Å²) in [6.07, 6.45) is 1.73. The van der Waals surface area contributed by atoms with Crippen LogP contribution in [-0.4, -0.2) is 21.3 Å². The molecule has 0 aliphatic carbocycles. The quantitative estimate of drug-likeness (QED) is 0.483. The van der Waals surface area contributed by atoms with Crippen molar-refractivity contribution in [3.63, 3.8) is 0 Å². The van der Waals surface area contributed by atoms with Gasteiger partial charge >= 0.3 is 0 Å². The van der Waals surface area contributed by atoms with Gasteiger partial charge in [0.1, 0.15) is 10.7 Å². The summed E-state index contributed by atoms with van der Waals surface area (Å²) in [6, 6.07) is 7.41. The van der Waals surface area contributed by atoms with Crippen molar-refractivity contribution in [1.82, 2.24) is 14.9 Å². The average molecular weight is 366 g/mol. The molecule has 0 bridgehead atoms. The van der Waals surface area contributed by atoms with Gasteiger partial charge in [0.15, 0.2) is 5.75 Å². The van der Waals surface area contributed by atoms with Crippen molar-refractivity contribution in [2.45, 2.75) is 4.90 Å². The highest BCUT2D eigenvalue weighted by molar-refractivity contribution is 7.98. The molecule has 9 heteroatoms. The van der Waals surface area contributed by atoms with E-state index in [4.69, 9.17) is 23.2 Å². The number of anilines is 1. The Hall–Kier alpha value is -2.09. The maximum Gasteiger partial charge on any atom is 0.211 e. The fourth-order valence-electron chi connectivity index (χ4n) is 2.26. The smallest absolute Gasteiger partial charge is 0.211 e. The van der Waals surface area contributed by atoms with E-state index in [0.717, 1.165) is 16.6 Å². The van der Waals surface area contributed by atoms with Crippen molar-refractivity contribution >= 4 is 63.4 Å². The van der Waals surface area contributed by atoms with Crippen molar-refractivity contribution in [3.05, 3.63) is 40.5 Å². The van der Waals surface area contributed by atoms with Gasteiger partial charge in [-0.05, 0) is 30.1 Å². The number of nitrogens with zero attached hydrogens (tertiary/aromatic N) is 2. The molecule has 23 heavy (non-hydrogen) atoms. The first-order valence-corrected chi connectivity index (χ1v) is 8.12. The number of nitrogens with one attached hydrogen (secondary N) is 3. The highest BCUT2D eigenvalue weighted by Crippen LogP contribution is 2.46. The number of H-pyrrole nitrogens is 1. The predicted molar refractivity (Wildman–Crippen MR) is 93.9 cm³/mol. The number of phenols is 1. The van der Waals surface area contributed by atoms with E-state index < -0.39 is 0 Å². The fourth-order valence-corrected chi connectivity index (χ4v) is 3.39. The lowest BCUT2D eigenvalue weighted by atomic mass is 10.2. The summed E-state index contributed by atoms with van der Waals surface area (Å²) in [5, 5.41) is 21.6. The van der Waals surface area contributed by atoms with Crippen LogP contribution >= 0.6 is 35.1 Å². The maximum absolute atomic E-state index is 10.1. The minimum absolute atomic E-state index is 0.0907. The lowest BCUT2D eigenvalue weighted by Gasteiger charge is -2.19. The Bertz CT molecular complexity index is 956. The number of hydrogen-bond donors (Lipinski definition) is 4. The van der Waals surface area contributed by atoms with Crippen LogP contribution in [0.25, 0.3) is 10.9 Å². The Labute approximate surface area is 145 Å². The largest absolute Gasteiger partial charge is 0.504 e. The zero-order valence-corrected chi connectivity index (χ0v) is 13.7. The molecular weight excluding hydrogens is 357 g/mol. The molecule has 2 heterocycles. The molecule has 0 fully saturated rings. The summed E-state index contributed by atoms with van der Waals surface area (Å²) in [5.74, 6) is 0.342. The molecule has 4 N–H and O–H groups in total. The summed E-state index contributed by atoms with van der Waals surface area (Å²) in [5.41, 5.74) is 2.13. The zero-order valence-electron chi connectivity index (χ0n) is 11.4. The highest BCUT2D eigenvalue weighted by Gasteiger charge is 2.21. The molecule has 0 spiro atoms. The van der Waals surface area contributed by atoms with Crippen LogP contribution in [0.4, 0.5) is 11.4 Å². The van der Waals surface area contributed by atoms with E-state index in [1.54, 1.807) is 12.3 Å². The molecule has 4 rings (SSSR count). The van der Waals surface area contributed by atoms with E-state index in [2.05, 4.69) is 25.2 Å². The standard InChI is InChI=1S/C14H9Cl2N5OS/c15-7-4-10-12(13(22)11(7)16)19-14(21-23-10)18-8-2-1-3-9-6(8)5-17-20-9/h1-5,22H,(H,17,20)(H2,18,19,21). The van der Waals surface area contributed by atoms with E-state index in [0.29, 0.717) is 16.5 Å². The lowest BCUT2D eigenvalue weighted by Crippen LogP contribution is -2.26. The van der Waals surface area contributed by atoms with Crippen LogP contribution in [0.5, 0.6) is 5.75 Å². The molecule has 1 aromatic heterocycles. The second kappa shape index (κ2) is 5.52. The summed E-state index contributed by atoms with van der Waals surface area (Å²) in [7, 11) is 0. The molecule has 0 saturated carbocycles. The topological polar surface area (TPSA) is 85.3 Å². The fraction of sp³-hybridized carbons (Fsp3) is 0. The molecule has 116 valence electrons. The number of rotatable bonds is 1. The van der Waals surface area contributed by atoms with Crippen LogP contribution in [0.3, 0.4) is 0 Å². The molecule has 2 aromatic carbocycles. The number of guanidine groups is 1. The van der Waals surface area contributed by atoms with Gasteiger partial charge in [0.25, 0.3) is 0 Å². The molecule has 6 nitrogen and oxygen atoms in total. The Morgan fingerprint density at radius 1 is 1.26 bits per heavy atom. The summed E-state index contributed by atoms with van der Waals surface area (Å²) < 4.78 is 3.07. The van der Waals surface area contributed by atoms with Gasteiger partial charge in [0.2, 0.25) is 5.96 Å². The van der Waals surface area contributed by atoms with Crippen LogP contribution in [0.2, 0.25) is 10.0 Å². The number of benzene rings is 2. The monoisotopic (exact) mass is 365 g/mol. The molecule has 0 unspecified atom stereocenters. The summed E-state index contributed by atoms with van der Waals surface area (Å²) in [6.45, 7) is 0. The first kappa shape index (κ1) is 14.5. The minimum atomic E-state index is -0.135. The first-order valence-electron chi connectivity index (χ1n) is 6.55. The van der Waals surface area contributed by atoms with Crippen molar-refractivity contribution in [1.29, 1.82) is 0 Å². The van der Waals surface area contributed by atoms with E-state index in [1.807, 2.05) is 18.2 Å². The molecule has 3 aromatic rings. The van der Waals surface area contributed by atoms with Gasteiger partial charge in [-0.3, -0.25) is 9.82 Å². The van der Waals surface area contributed by atoms with E-state index in [1.165, 1.54) is 11.9 Å². The molecule has 1 aliphatic rings. The van der Waals surface area contributed by atoms with Gasteiger partial charge in [0, 0.05) is 5.39 Å². The molecule has 0 atom stereocenters.